The minimum absolute atomic E-state index is 0.129. The minimum Gasteiger partial charge on any atom is -0.507 e. The van der Waals surface area contributed by atoms with Crippen molar-refractivity contribution in [3.8, 4) is 11.5 Å². The van der Waals surface area contributed by atoms with Gasteiger partial charge in [-0.05, 0) is 56.6 Å². The Balaban J connectivity index is 1.75. The average molecular weight is 430 g/mol. The van der Waals surface area contributed by atoms with Crippen LogP contribution in [0.15, 0.2) is 63.8 Å². The van der Waals surface area contributed by atoms with Crippen molar-refractivity contribution in [2.24, 2.45) is 0 Å². The number of rotatable bonds is 4. The second kappa shape index (κ2) is 8.32. The van der Waals surface area contributed by atoms with Gasteiger partial charge in [-0.3, -0.25) is 4.90 Å². The number of fused-ring (bicyclic) bond motifs is 3. The number of aryl methyl sites for hydroxylation is 1. The number of phenolic OH excluding ortho intramolecular Hbond substituents is 1. The molecule has 4 aromatic rings. The maximum Gasteiger partial charge on any atom is 0.336 e. The highest BCUT2D eigenvalue weighted by Crippen LogP contribution is 2.43. The fourth-order valence-electron chi connectivity index (χ4n) is 5.03. The Hall–Kier alpha value is -3.31. The third-order valence-corrected chi connectivity index (χ3v) is 6.60. The van der Waals surface area contributed by atoms with Crippen LogP contribution >= 0.6 is 0 Å². The number of methoxy groups -OCH3 is 1. The van der Waals surface area contributed by atoms with Crippen LogP contribution in [0.5, 0.6) is 11.5 Å². The number of piperidine rings is 1. The Morgan fingerprint density at radius 1 is 0.938 bits per heavy atom. The van der Waals surface area contributed by atoms with E-state index in [9.17, 15) is 9.90 Å². The third-order valence-electron chi connectivity index (χ3n) is 6.60. The van der Waals surface area contributed by atoms with Gasteiger partial charge in [-0.1, -0.05) is 36.8 Å². The molecule has 0 radical (unpaired) electrons. The summed E-state index contributed by atoms with van der Waals surface area (Å²) in [5.41, 5.74) is 2.86. The van der Waals surface area contributed by atoms with Crippen LogP contribution in [0.1, 0.15) is 42.0 Å². The van der Waals surface area contributed by atoms with Crippen LogP contribution in [0, 0.1) is 6.92 Å². The first-order valence-electron chi connectivity index (χ1n) is 11.1. The number of aromatic hydroxyl groups is 1. The Bertz CT molecular complexity index is 1350. The summed E-state index contributed by atoms with van der Waals surface area (Å²) in [7, 11) is 1.68. The zero-order valence-corrected chi connectivity index (χ0v) is 18.4. The molecule has 164 valence electrons. The van der Waals surface area contributed by atoms with Gasteiger partial charge in [0, 0.05) is 33.4 Å². The third kappa shape index (κ3) is 3.43. The first-order valence-corrected chi connectivity index (χ1v) is 11.1. The van der Waals surface area contributed by atoms with Gasteiger partial charge in [-0.15, -0.1) is 0 Å². The number of likely N-dealkylation sites (tertiary alicyclic amines) is 1. The number of benzene rings is 3. The van der Waals surface area contributed by atoms with E-state index in [0.717, 1.165) is 59.1 Å². The second-order valence-electron chi connectivity index (χ2n) is 8.53. The smallest absolute Gasteiger partial charge is 0.336 e. The molecule has 0 bridgehead atoms. The lowest BCUT2D eigenvalue weighted by atomic mass is 9.91. The zero-order valence-electron chi connectivity index (χ0n) is 18.4. The van der Waals surface area contributed by atoms with Crippen molar-refractivity contribution in [3.63, 3.8) is 0 Å². The zero-order chi connectivity index (χ0) is 22.2. The number of phenols is 1. The number of para-hydroxylation sites is 1. The highest BCUT2D eigenvalue weighted by Gasteiger charge is 2.29. The fraction of sp³-hybridized carbons (Fsp3) is 0.296. The molecule has 1 saturated heterocycles. The van der Waals surface area contributed by atoms with E-state index in [-0.39, 0.29) is 17.4 Å². The molecule has 1 atom stereocenters. The number of hydrogen-bond acceptors (Lipinski definition) is 5. The summed E-state index contributed by atoms with van der Waals surface area (Å²) in [5.74, 6) is 1.03. The molecule has 1 aromatic heterocycles. The lowest BCUT2D eigenvalue weighted by molar-refractivity contribution is 0.182. The van der Waals surface area contributed by atoms with Crippen molar-refractivity contribution >= 4 is 21.7 Å². The molecule has 1 N–H and O–H groups in total. The van der Waals surface area contributed by atoms with E-state index < -0.39 is 0 Å². The van der Waals surface area contributed by atoms with Gasteiger partial charge in [0.1, 0.15) is 17.1 Å². The lowest BCUT2D eigenvalue weighted by Gasteiger charge is -2.36. The molecule has 3 aromatic carbocycles. The summed E-state index contributed by atoms with van der Waals surface area (Å²) >= 11 is 0. The Morgan fingerprint density at radius 3 is 2.44 bits per heavy atom. The molecular weight excluding hydrogens is 402 g/mol. The molecule has 5 rings (SSSR count). The van der Waals surface area contributed by atoms with Crippen molar-refractivity contribution in [1.82, 2.24) is 4.90 Å². The summed E-state index contributed by atoms with van der Waals surface area (Å²) in [4.78, 5) is 14.4. The predicted octanol–water partition coefficient (Wildman–Crippen LogP) is 5.54. The van der Waals surface area contributed by atoms with Crippen LogP contribution in [0.3, 0.4) is 0 Å². The fourth-order valence-corrected chi connectivity index (χ4v) is 5.03. The van der Waals surface area contributed by atoms with E-state index >= 15 is 0 Å². The van der Waals surface area contributed by atoms with Crippen LogP contribution in [-0.4, -0.2) is 30.2 Å². The van der Waals surface area contributed by atoms with Crippen LogP contribution in [0.2, 0.25) is 0 Å². The highest BCUT2D eigenvalue weighted by atomic mass is 16.5. The van der Waals surface area contributed by atoms with E-state index in [0.29, 0.717) is 11.0 Å². The van der Waals surface area contributed by atoms with Gasteiger partial charge in [-0.2, -0.15) is 0 Å². The van der Waals surface area contributed by atoms with Crippen LogP contribution in [0.25, 0.3) is 21.7 Å². The summed E-state index contributed by atoms with van der Waals surface area (Å²) in [6, 6.07) is 17.1. The van der Waals surface area contributed by atoms with E-state index in [1.165, 1.54) is 12.5 Å². The minimum atomic E-state index is -0.383. The normalized spacial score (nSPS) is 15.8. The average Bonchev–Trinajstić information content (AvgIpc) is 2.81. The standard InChI is InChI=1S/C27H27NO4/c1-17-16-24(29)32-27-18(17)10-11-19-20(27)12-13-22(26(19)30)25(28-14-6-3-7-15-28)21-8-4-5-9-23(21)31-2/h4-5,8-13,16,25,30H,3,6-7,14-15H2,1-2H3/t25-/m0/s1. The van der Waals surface area contributed by atoms with Gasteiger partial charge >= 0.3 is 5.63 Å². The Labute approximate surface area is 186 Å². The quantitative estimate of drug-likeness (QED) is 0.341. The largest absolute Gasteiger partial charge is 0.507 e. The van der Waals surface area contributed by atoms with Crippen molar-refractivity contribution in [2.75, 3.05) is 20.2 Å². The van der Waals surface area contributed by atoms with Gasteiger partial charge in [-0.25, -0.2) is 4.79 Å². The summed E-state index contributed by atoms with van der Waals surface area (Å²) in [6.45, 7) is 3.82. The van der Waals surface area contributed by atoms with Crippen molar-refractivity contribution in [1.29, 1.82) is 0 Å². The first kappa shape index (κ1) is 20.6. The molecule has 0 saturated carbocycles. The maximum absolute atomic E-state index is 12.0. The molecule has 1 fully saturated rings. The molecule has 0 amide bonds. The molecule has 1 aliphatic rings. The molecule has 1 aliphatic heterocycles. The molecule has 2 heterocycles. The number of hydrogen-bond donors (Lipinski definition) is 1. The molecule has 0 unspecified atom stereocenters. The monoisotopic (exact) mass is 429 g/mol. The topological polar surface area (TPSA) is 62.9 Å². The number of ether oxygens (including phenoxy) is 1. The Kier molecular flexibility index (Phi) is 5.35. The van der Waals surface area contributed by atoms with Gasteiger partial charge in [0.05, 0.1) is 13.2 Å². The van der Waals surface area contributed by atoms with Crippen molar-refractivity contribution in [3.05, 3.63) is 81.7 Å². The van der Waals surface area contributed by atoms with Gasteiger partial charge < -0.3 is 14.3 Å². The molecule has 5 nitrogen and oxygen atoms in total. The van der Waals surface area contributed by atoms with Crippen LogP contribution in [0.4, 0.5) is 0 Å². The molecule has 32 heavy (non-hydrogen) atoms. The van der Waals surface area contributed by atoms with Gasteiger partial charge in [0.15, 0.2) is 0 Å². The summed E-state index contributed by atoms with van der Waals surface area (Å²) < 4.78 is 11.2. The van der Waals surface area contributed by atoms with E-state index in [4.69, 9.17) is 9.15 Å². The van der Waals surface area contributed by atoms with E-state index in [1.807, 2.05) is 49.4 Å². The van der Waals surface area contributed by atoms with Crippen molar-refractivity contribution < 1.29 is 14.3 Å². The summed E-state index contributed by atoms with van der Waals surface area (Å²) in [5, 5.41) is 13.8. The highest BCUT2D eigenvalue weighted by molar-refractivity contribution is 6.07. The predicted molar refractivity (Wildman–Crippen MR) is 127 cm³/mol. The molecule has 5 heteroatoms. The Morgan fingerprint density at radius 2 is 1.66 bits per heavy atom. The molecule has 0 aliphatic carbocycles. The van der Waals surface area contributed by atoms with Gasteiger partial charge in [0.25, 0.3) is 0 Å². The van der Waals surface area contributed by atoms with Crippen molar-refractivity contribution in [2.45, 2.75) is 32.2 Å². The maximum atomic E-state index is 12.0. The van der Waals surface area contributed by atoms with E-state index in [2.05, 4.69) is 11.0 Å². The van der Waals surface area contributed by atoms with Gasteiger partial charge in [0.2, 0.25) is 0 Å². The van der Waals surface area contributed by atoms with Crippen LogP contribution < -0.4 is 10.4 Å². The van der Waals surface area contributed by atoms with Crippen LogP contribution in [-0.2, 0) is 0 Å². The number of nitrogens with zero attached hydrogens (tertiary/aromatic N) is 1. The molecular formula is C27H27NO4. The second-order valence-corrected chi connectivity index (χ2v) is 8.53. The SMILES string of the molecule is COc1ccccc1[C@@H](c1ccc2c(ccc3c(C)cc(=O)oc32)c1O)N1CCCCC1. The van der Waals surface area contributed by atoms with E-state index in [1.54, 1.807) is 7.11 Å². The lowest BCUT2D eigenvalue weighted by Crippen LogP contribution is -2.34. The first-order chi connectivity index (χ1) is 15.6. The molecule has 0 spiro atoms. The summed E-state index contributed by atoms with van der Waals surface area (Å²) in [6.07, 6.45) is 3.49.